The van der Waals surface area contributed by atoms with Crippen molar-refractivity contribution in [3.63, 3.8) is 0 Å². The molecule has 2 aromatic rings. The average Bonchev–Trinajstić information content (AvgIpc) is 3.17. The first-order chi connectivity index (χ1) is 16.4. The van der Waals surface area contributed by atoms with E-state index in [0.717, 1.165) is 11.8 Å². The molecule has 0 saturated carbocycles. The molecular formula is C25H33FN4O4. The van der Waals surface area contributed by atoms with E-state index in [1.807, 2.05) is 28.2 Å². The number of hydrogen-bond donors (Lipinski definition) is 3. The smallest absolute Gasteiger partial charge is 0.255 e. The molecule has 0 fully saturated rings. The molecule has 1 atom stereocenters. The fourth-order valence-electron chi connectivity index (χ4n) is 3.34. The summed E-state index contributed by atoms with van der Waals surface area (Å²) in [6.45, 7) is 0.372. The molecule has 0 saturated heterocycles. The molecule has 0 bridgehead atoms. The first-order valence-corrected chi connectivity index (χ1v) is 10.9. The average molecular weight is 473 g/mol. The molecule has 1 unspecified atom stereocenters. The number of nitrogens with one attached hydrogen (secondary N) is 3. The van der Waals surface area contributed by atoms with Gasteiger partial charge in [-0.3, -0.25) is 9.59 Å². The highest BCUT2D eigenvalue weighted by Gasteiger charge is 2.33. The van der Waals surface area contributed by atoms with Crippen LogP contribution < -0.4 is 16.0 Å². The number of fused-ring (bicyclic) bond motifs is 1. The van der Waals surface area contributed by atoms with Gasteiger partial charge in [-0.1, -0.05) is 18.2 Å². The minimum atomic E-state index is -0.667. The van der Waals surface area contributed by atoms with E-state index >= 15 is 0 Å². The number of carbonyl (C=O) groups is 4. The predicted molar refractivity (Wildman–Crippen MR) is 131 cm³/mol. The highest BCUT2D eigenvalue weighted by atomic mass is 19.1. The molecule has 1 aliphatic heterocycles. The summed E-state index contributed by atoms with van der Waals surface area (Å²) in [4.78, 5) is 47.0. The van der Waals surface area contributed by atoms with Gasteiger partial charge in [0.2, 0.25) is 0 Å². The molecule has 2 aromatic carbocycles. The zero-order chi connectivity index (χ0) is 25.5. The molecule has 0 radical (unpaired) electrons. The lowest BCUT2D eigenvalue weighted by Gasteiger charge is -2.22. The van der Waals surface area contributed by atoms with Crippen LogP contribution in [0.15, 0.2) is 36.4 Å². The van der Waals surface area contributed by atoms with Gasteiger partial charge in [0.1, 0.15) is 18.4 Å². The van der Waals surface area contributed by atoms with E-state index in [-0.39, 0.29) is 37.4 Å². The standard InChI is InChI=1S/C21H19FN2O4.2C2H7N/c22-20-14(4-1-5-15(20)12-26)10-23-19-8-2-7-17-18(19)11-24(21(17)28)16(13-27)6-3-9-25;2*1-3-2/h1-2,4-5,7-9,12-13,16,23H,3,6,10-11H2;2*3H,1-2H3. The van der Waals surface area contributed by atoms with E-state index in [1.165, 1.54) is 11.0 Å². The lowest BCUT2D eigenvalue weighted by atomic mass is 10.1. The zero-order valence-electron chi connectivity index (χ0n) is 20.1. The summed E-state index contributed by atoms with van der Waals surface area (Å²) in [5, 5.41) is 8.62. The van der Waals surface area contributed by atoms with Crippen molar-refractivity contribution < 1.29 is 23.6 Å². The maximum Gasteiger partial charge on any atom is 0.255 e. The maximum atomic E-state index is 14.2. The molecule has 0 aromatic heterocycles. The van der Waals surface area contributed by atoms with Gasteiger partial charge >= 0.3 is 0 Å². The number of amides is 1. The molecule has 184 valence electrons. The Kier molecular flexibility index (Phi) is 13.0. The minimum absolute atomic E-state index is 0.0112. The van der Waals surface area contributed by atoms with Gasteiger partial charge in [0.05, 0.1) is 11.6 Å². The number of hydrogen-bond acceptors (Lipinski definition) is 7. The topological polar surface area (TPSA) is 108 Å². The van der Waals surface area contributed by atoms with Gasteiger partial charge in [0.15, 0.2) is 6.29 Å². The first kappa shape index (κ1) is 28.6. The Labute approximate surface area is 199 Å². The van der Waals surface area contributed by atoms with E-state index in [2.05, 4.69) is 16.0 Å². The van der Waals surface area contributed by atoms with Crippen LogP contribution in [0.4, 0.5) is 10.1 Å². The highest BCUT2D eigenvalue weighted by Crippen LogP contribution is 2.31. The van der Waals surface area contributed by atoms with Gasteiger partial charge in [-0.05, 0) is 52.8 Å². The zero-order valence-corrected chi connectivity index (χ0v) is 20.1. The maximum absolute atomic E-state index is 14.2. The second-order valence-corrected chi connectivity index (χ2v) is 7.50. The van der Waals surface area contributed by atoms with Crippen molar-refractivity contribution in [1.82, 2.24) is 15.5 Å². The summed E-state index contributed by atoms with van der Waals surface area (Å²) in [5.74, 6) is -0.846. The molecule has 8 nitrogen and oxygen atoms in total. The van der Waals surface area contributed by atoms with Crippen LogP contribution in [0.1, 0.15) is 44.7 Å². The Morgan fingerprint density at radius 1 is 1.03 bits per heavy atom. The molecule has 0 spiro atoms. The number of aldehydes is 3. The SMILES string of the molecule is CNC.CNC.O=CCCC(C=O)N1Cc2c(NCc3cccc(C=O)c3F)cccc2C1=O. The number of benzene rings is 2. The van der Waals surface area contributed by atoms with Gasteiger partial charge in [0, 0.05) is 41.9 Å². The van der Waals surface area contributed by atoms with E-state index in [0.29, 0.717) is 29.4 Å². The summed E-state index contributed by atoms with van der Waals surface area (Å²) in [5.41, 5.74) is 2.18. The lowest BCUT2D eigenvalue weighted by Crippen LogP contribution is -2.36. The number of carbonyl (C=O) groups excluding carboxylic acids is 4. The van der Waals surface area contributed by atoms with Crippen LogP contribution in [0.25, 0.3) is 0 Å². The Bertz CT molecular complexity index is 966. The number of halogens is 1. The van der Waals surface area contributed by atoms with Crippen molar-refractivity contribution in [1.29, 1.82) is 0 Å². The van der Waals surface area contributed by atoms with Crippen molar-refractivity contribution in [2.45, 2.75) is 32.0 Å². The molecule has 1 aliphatic rings. The van der Waals surface area contributed by atoms with Gasteiger partial charge < -0.3 is 30.4 Å². The fourth-order valence-corrected chi connectivity index (χ4v) is 3.34. The van der Waals surface area contributed by atoms with Crippen molar-refractivity contribution in [3.05, 3.63) is 64.5 Å². The summed E-state index contributed by atoms with van der Waals surface area (Å²) < 4.78 is 14.2. The molecule has 1 amide bonds. The minimum Gasteiger partial charge on any atom is -0.381 e. The monoisotopic (exact) mass is 472 g/mol. The second-order valence-electron chi connectivity index (χ2n) is 7.50. The Balaban J connectivity index is 0.000000872. The molecule has 9 heteroatoms. The molecule has 1 heterocycles. The first-order valence-electron chi connectivity index (χ1n) is 10.9. The molecular weight excluding hydrogens is 439 g/mol. The van der Waals surface area contributed by atoms with Crippen LogP contribution in [0, 0.1) is 5.82 Å². The van der Waals surface area contributed by atoms with Crippen LogP contribution >= 0.6 is 0 Å². The van der Waals surface area contributed by atoms with E-state index in [4.69, 9.17) is 0 Å². The van der Waals surface area contributed by atoms with E-state index < -0.39 is 11.9 Å². The Hall–Kier alpha value is -3.43. The predicted octanol–water partition coefficient (Wildman–Crippen LogP) is 2.42. The van der Waals surface area contributed by atoms with Crippen molar-refractivity contribution in [3.8, 4) is 0 Å². The molecule has 34 heavy (non-hydrogen) atoms. The third kappa shape index (κ3) is 7.57. The van der Waals surface area contributed by atoms with Crippen molar-refractivity contribution >= 4 is 30.5 Å². The number of rotatable bonds is 9. The normalized spacial score (nSPS) is 12.4. The lowest BCUT2D eigenvalue weighted by molar-refractivity contribution is -0.112. The van der Waals surface area contributed by atoms with Gasteiger partial charge in [-0.25, -0.2) is 4.39 Å². The van der Waals surface area contributed by atoms with Gasteiger partial charge in [0.25, 0.3) is 5.91 Å². The third-order valence-corrected chi connectivity index (χ3v) is 4.84. The Morgan fingerprint density at radius 3 is 2.26 bits per heavy atom. The van der Waals surface area contributed by atoms with Crippen LogP contribution in [0.5, 0.6) is 0 Å². The number of anilines is 1. The third-order valence-electron chi connectivity index (χ3n) is 4.84. The van der Waals surface area contributed by atoms with Crippen molar-refractivity contribution in [2.75, 3.05) is 33.5 Å². The molecule has 3 rings (SSSR count). The highest BCUT2D eigenvalue weighted by molar-refractivity contribution is 6.01. The van der Waals surface area contributed by atoms with Gasteiger partial charge in [-0.15, -0.1) is 0 Å². The van der Waals surface area contributed by atoms with Crippen LogP contribution in [0.2, 0.25) is 0 Å². The summed E-state index contributed by atoms with van der Waals surface area (Å²) in [6.07, 6.45) is 2.34. The summed E-state index contributed by atoms with van der Waals surface area (Å²) in [6, 6.07) is 9.09. The van der Waals surface area contributed by atoms with Crippen molar-refractivity contribution in [2.24, 2.45) is 0 Å². The largest absolute Gasteiger partial charge is 0.381 e. The van der Waals surface area contributed by atoms with E-state index in [1.54, 1.807) is 30.3 Å². The van der Waals surface area contributed by atoms with Crippen LogP contribution in [-0.4, -0.2) is 63.9 Å². The quantitative estimate of drug-likeness (QED) is 0.481. The summed E-state index contributed by atoms with van der Waals surface area (Å²) in [7, 11) is 7.50. The molecule has 3 N–H and O–H groups in total. The fraction of sp³-hybridized carbons (Fsp3) is 0.360. The van der Waals surface area contributed by atoms with Crippen LogP contribution in [-0.2, 0) is 22.7 Å². The molecule has 0 aliphatic carbocycles. The Morgan fingerprint density at radius 2 is 1.68 bits per heavy atom. The summed E-state index contributed by atoms with van der Waals surface area (Å²) >= 11 is 0. The number of nitrogens with zero attached hydrogens (tertiary/aromatic N) is 1. The van der Waals surface area contributed by atoms with Gasteiger partial charge in [-0.2, -0.15) is 0 Å². The van der Waals surface area contributed by atoms with Crippen LogP contribution in [0.3, 0.4) is 0 Å². The second kappa shape index (κ2) is 15.4. The van der Waals surface area contributed by atoms with E-state index in [9.17, 15) is 23.6 Å².